The third kappa shape index (κ3) is 5.41. The fourth-order valence-electron chi connectivity index (χ4n) is 9.87. The second kappa shape index (κ2) is 13.2. The number of carbonyl (C=O) groups is 2. The van der Waals surface area contributed by atoms with Gasteiger partial charge in [0, 0.05) is 36.8 Å². The zero-order chi connectivity index (χ0) is 38.4. The molecule has 6 N–H and O–H groups in total. The maximum atomic E-state index is 16.8. The van der Waals surface area contributed by atoms with E-state index < -0.39 is 89.7 Å². The standard InChI is InChI=1S/C36H45FN8O10/c1-15(2)52-32(46)48-9-17-20-18(54-29(39)25(20)37)10-51-36-24-27(36)43-14-45-31(24)41-8-6-5-7-40-30-23-26(42-13-44-30)35(17,23)50-11-19-21-22(28(38)55-19)34(21,36)12-49-33(47)53-16(3)4/h5-6,13-22,25,28-29H,7-12,38-39H2,1-4H3,(H,40,42,44)(H,41,43,45)/b6-5+/t17?,18-,19-,20-,21-,22-,25-,28-,29-,34?,35?,36?/m1/s1. The third-order valence-corrected chi connectivity index (χ3v) is 12.0. The first-order chi connectivity index (χ1) is 26.5. The predicted molar refractivity (Wildman–Crippen MR) is 186 cm³/mol. The fraction of sp³-hybridized carbons (Fsp3) is 0.667. The van der Waals surface area contributed by atoms with Crippen LogP contribution in [0.4, 0.5) is 25.6 Å². The van der Waals surface area contributed by atoms with Crippen LogP contribution in [0, 0.1) is 29.1 Å². The van der Waals surface area contributed by atoms with Crippen molar-refractivity contribution in [3.63, 3.8) is 0 Å². The molecule has 2 spiro atoms. The zero-order valence-corrected chi connectivity index (χ0v) is 30.8. The molecule has 0 aromatic carbocycles. The molecule has 7 heterocycles. The Hall–Kier alpha value is -4.27. The molecule has 18 nitrogen and oxygen atoms in total. The smallest absolute Gasteiger partial charge is 0.434 e. The van der Waals surface area contributed by atoms with Crippen LogP contribution in [0.3, 0.4) is 0 Å². The highest BCUT2D eigenvalue weighted by molar-refractivity contribution is 5.70. The number of nitrogens with one attached hydrogen (secondary N) is 2. The van der Waals surface area contributed by atoms with E-state index in [9.17, 15) is 9.59 Å². The molecule has 1 saturated carbocycles. The second-order valence-electron chi connectivity index (χ2n) is 15.6. The number of hydrogen-bond acceptors (Lipinski definition) is 18. The van der Waals surface area contributed by atoms with Crippen LogP contribution in [-0.4, -0.2) is 115 Å². The van der Waals surface area contributed by atoms with Gasteiger partial charge in [0.05, 0.1) is 65.6 Å². The van der Waals surface area contributed by atoms with E-state index in [2.05, 4.69) is 30.6 Å². The Morgan fingerprint density at radius 2 is 1.45 bits per heavy atom. The van der Waals surface area contributed by atoms with Crippen LogP contribution < -0.4 is 22.1 Å². The summed E-state index contributed by atoms with van der Waals surface area (Å²) in [6, 6.07) is 0. The van der Waals surface area contributed by atoms with Gasteiger partial charge < -0.3 is 60.0 Å². The SMILES string of the molecule is CC(C)OC(=O)OCC1[C@H]2[C@@H](F)[C@H](N)O[C@@H]2COC23c4ncnc(c42)NC/C=C/CNc2ncnc4c2C41OC[C@H]1O[C@@H](N)[C@H]2[C@@H]1C23COC(=O)OC(C)C. The van der Waals surface area contributed by atoms with Crippen molar-refractivity contribution in [2.45, 2.75) is 81.9 Å². The zero-order valence-electron chi connectivity index (χ0n) is 30.8. The number of hydrogen-bond donors (Lipinski definition) is 4. The van der Waals surface area contributed by atoms with Crippen molar-refractivity contribution in [3.8, 4) is 0 Å². The molecular weight excluding hydrogens is 723 g/mol. The number of rotatable bonds is 6. The fourth-order valence-corrected chi connectivity index (χ4v) is 9.87. The van der Waals surface area contributed by atoms with Crippen LogP contribution in [0.25, 0.3) is 0 Å². The molecule has 296 valence electrons. The number of nitrogens with two attached hydrogens (primary N) is 2. The maximum Gasteiger partial charge on any atom is 0.508 e. The molecule has 3 saturated heterocycles. The Balaban J connectivity index is 1.20. The largest absolute Gasteiger partial charge is 0.508 e. The Labute approximate surface area is 315 Å². The molecule has 2 bridgehead atoms. The Morgan fingerprint density at radius 1 is 0.836 bits per heavy atom. The lowest BCUT2D eigenvalue weighted by Crippen LogP contribution is -2.49. The molecular formula is C36H45FN8O10. The van der Waals surface area contributed by atoms with Crippen LogP contribution in [0.1, 0.15) is 50.2 Å². The molecule has 8 aliphatic rings. The van der Waals surface area contributed by atoms with E-state index in [0.717, 1.165) is 0 Å². The number of nitrogens with zero attached hydrogens (tertiary/aromatic N) is 4. The molecule has 0 amide bonds. The molecule has 3 aliphatic carbocycles. The summed E-state index contributed by atoms with van der Waals surface area (Å²) in [4.78, 5) is 44.3. The first-order valence-electron chi connectivity index (χ1n) is 18.7. The van der Waals surface area contributed by atoms with Gasteiger partial charge in [0.1, 0.15) is 61.7 Å². The van der Waals surface area contributed by atoms with Gasteiger partial charge in [-0.3, -0.25) is 0 Å². The molecule has 2 aromatic heterocycles. The molecule has 4 unspecified atom stereocenters. The number of aromatic nitrogens is 4. The van der Waals surface area contributed by atoms with Gasteiger partial charge in [-0.05, 0) is 27.7 Å². The maximum absolute atomic E-state index is 16.8. The summed E-state index contributed by atoms with van der Waals surface area (Å²) in [7, 11) is 0. The van der Waals surface area contributed by atoms with E-state index in [1.165, 1.54) is 12.7 Å². The van der Waals surface area contributed by atoms with Gasteiger partial charge in [-0.1, -0.05) is 12.2 Å². The Kier molecular flexibility index (Phi) is 8.70. The average Bonchev–Trinajstić information content (AvgIpc) is 4.06. The van der Waals surface area contributed by atoms with E-state index in [0.29, 0.717) is 47.2 Å². The van der Waals surface area contributed by atoms with Gasteiger partial charge in [-0.25, -0.2) is 33.9 Å². The number of carbonyl (C=O) groups excluding carboxylic acids is 2. The van der Waals surface area contributed by atoms with Crippen molar-refractivity contribution in [2.75, 3.05) is 50.2 Å². The summed E-state index contributed by atoms with van der Waals surface area (Å²) in [5.74, 6) is -1.85. The predicted octanol–water partition coefficient (Wildman–Crippen LogP) is 1.81. The van der Waals surface area contributed by atoms with E-state index in [-0.39, 0.29) is 32.3 Å². The first-order valence-corrected chi connectivity index (χ1v) is 18.7. The molecule has 4 fully saturated rings. The quantitative estimate of drug-likeness (QED) is 0.242. The van der Waals surface area contributed by atoms with Gasteiger partial charge in [-0.15, -0.1) is 0 Å². The van der Waals surface area contributed by atoms with Crippen molar-refractivity contribution in [1.82, 2.24) is 19.9 Å². The molecule has 12 atom stereocenters. The summed E-state index contributed by atoms with van der Waals surface area (Å²) in [6.45, 7) is 6.82. The summed E-state index contributed by atoms with van der Waals surface area (Å²) in [5, 5.41) is 6.73. The molecule has 0 radical (unpaired) electrons. The first kappa shape index (κ1) is 36.4. The van der Waals surface area contributed by atoms with Crippen molar-refractivity contribution in [3.05, 3.63) is 47.3 Å². The Morgan fingerprint density at radius 3 is 2.15 bits per heavy atom. The van der Waals surface area contributed by atoms with Crippen molar-refractivity contribution < 1.29 is 51.9 Å². The van der Waals surface area contributed by atoms with Crippen LogP contribution in [-0.2, 0) is 49.1 Å². The minimum Gasteiger partial charge on any atom is -0.434 e. The molecule has 55 heavy (non-hydrogen) atoms. The van der Waals surface area contributed by atoms with Crippen molar-refractivity contribution in [2.24, 2.45) is 40.6 Å². The van der Waals surface area contributed by atoms with Crippen LogP contribution in [0.15, 0.2) is 24.8 Å². The summed E-state index contributed by atoms with van der Waals surface area (Å²) in [6.07, 6.45) is -1.60. The summed E-state index contributed by atoms with van der Waals surface area (Å²) >= 11 is 0. The molecule has 2 aromatic rings. The minimum atomic E-state index is -1.76. The number of ether oxygens (including phenoxy) is 8. The highest BCUT2D eigenvalue weighted by Crippen LogP contribution is 2.81. The van der Waals surface area contributed by atoms with Crippen LogP contribution in [0.5, 0.6) is 0 Å². The lowest BCUT2D eigenvalue weighted by molar-refractivity contribution is -0.171. The van der Waals surface area contributed by atoms with E-state index in [1.807, 2.05) is 12.2 Å². The number of anilines is 2. The van der Waals surface area contributed by atoms with Crippen LogP contribution >= 0.6 is 0 Å². The van der Waals surface area contributed by atoms with Gasteiger partial charge >= 0.3 is 12.3 Å². The molecule has 19 heteroatoms. The van der Waals surface area contributed by atoms with Crippen molar-refractivity contribution >= 4 is 23.9 Å². The normalized spacial score (nSPS) is 39.3. The lowest BCUT2D eigenvalue weighted by atomic mass is 9.78. The third-order valence-electron chi connectivity index (χ3n) is 12.0. The van der Waals surface area contributed by atoms with E-state index >= 15 is 4.39 Å². The number of alkyl halides is 1. The highest BCUT2D eigenvalue weighted by atomic mass is 19.1. The average molecular weight is 769 g/mol. The second-order valence-corrected chi connectivity index (χ2v) is 15.6. The van der Waals surface area contributed by atoms with Gasteiger partial charge in [0.15, 0.2) is 5.60 Å². The van der Waals surface area contributed by atoms with Crippen molar-refractivity contribution in [1.29, 1.82) is 0 Å². The Bertz CT molecular complexity index is 1910. The van der Waals surface area contributed by atoms with Gasteiger partial charge in [-0.2, -0.15) is 0 Å². The van der Waals surface area contributed by atoms with Crippen LogP contribution in [0.2, 0.25) is 0 Å². The lowest BCUT2D eigenvalue weighted by Gasteiger charge is -2.39. The van der Waals surface area contributed by atoms with E-state index in [1.54, 1.807) is 27.7 Å². The topological polar surface area (TPSA) is 236 Å². The van der Waals surface area contributed by atoms with Gasteiger partial charge in [0.2, 0.25) is 0 Å². The number of halogens is 1. The van der Waals surface area contributed by atoms with Gasteiger partial charge in [0.25, 0.3) is 0 Å². The summed E-state index contributed by atoms with van der Waals surface area (Å²) < 4.78 is 65.7. The monoisotopic (exact) mass is 768 g/mol. The van der Waals surface area contributed by atoms with E-state index in [4.69, 9.17) is 49.4 Å². The molecule has 5 aliphatic heterocycles. The highest BCUT2D eigenvalue weighted by Gasteiger charge is 2.88. The minimum absolute atomic E-state index is 0.0693. The molecule has 10 rings (SSSR count). The summed E-state index contributed by atoms with van der Waals surface area (Å²) in [5.41, 5.74) is 11.6. The number of fused-ring (bicyclic) bond motifs is 6.